The Balaban J connectivity index is 1.70. The molecule has 3 rings (SSSR count). The Bertz CT molecular complexity index is 905. The van der Waals surface area contributed by atoms with Crippen molar-refractivity contribution >= 4 is 11.8 Å². The van der Waals surface area contributed by atoms with Crippen molar-refractivity contribution in [2.75, 3.05) is 13.1 Å². The number of halogens is 2. The first kappa shape index (κ1) is 18.6. The third-order valence-corrected chi connectivity index (χ3v) is 4.27. The van der Waals surface area contributed by atoms with E-state index in [1.807, 2.05) is 0 Å². The van der Waals surface area contributed by atoms with Gasteiger partial charge in [-0.05, 0) is 24.3 Å². The number of aromatic hydroxyl groups is 2. The Morgan fingerprint density at radius 2 is 1.52 bits per heavy atom. The van der Waals surface area contributed by atoms with Crippen molar-refractivity contribution in [2.45, 2.75) is 12.1 Å². The van der Waals surface area contributed by atoms with Crippen LogP contribution in [0.1, 0.15) is 20.7 Å². The van der Waals surface area contributed by atoms with Gasteiger partial charge in [-0.15, -0.1) is 0 Å². The van der Waals surface area contributed by atoms with Crippen LogP contribution < -0.4 is 5.32 Å². The summed E-state index contributed by atoms with van der Waals surface area (Å²) in [4.78, 5) is 25.7. The lowest BCUT2D eigenvalue weighted by atomic mass is 10.1. The van der Waals surface area contributed by atoms with Gasteiger partial charge in [0.1, 0.15) is 23.1 Å². The topological polar surface area (TPSA) is 110 Å². The van der Waals surface area contributed by atoms with E-state index >= 15 is 0 Å². The minimum Gasteiger partial charge on any atom is -0.508 e. The van der Waals surface area contributed by atoms with Crippen molar-refractivity contribution in [2.24, 2.45) is 0 Å². The number of phenolic OH excluding ortho intramolecular Hbond substituents is 2. The van der Waals surface area contributed by atoms with Gasteiger partial charge in [-0.3, -0.25) is 9.59 Å². The maximum Gasteiger partial charge on any atom is 0.256 e. The van der Waals surface area contributed by atoms with Crippen LogP contribution in [0.2, 0.25) is 0 Å². The first-order valence-corrected chi connectivity index (χ1v) is 8.01. The highest BCUT2D eigenvalue weighted by Gasteiger charge is 2.36. The van der Waals surface area contributed by atoms with Crippen LogP contribution >= 0.6 is 0 Å². The summed E-state index contributed by atoms with van der Waals surface area (Å²) in [6, 6.07) is 5.22. The second kappa shape index (κ2) is 7.20. The van der Waals surface area contributed by atoms with Crippen molar-refractivity contribution in [3.8, 4) is 11.5 Å². The van der Waals surface area contributed by atoms with Crippen LogP contribution in [0.25, 0.3) is 0 Å². The normalized spacial score (nSPS) is 19.1. The molecule has 2 amide bonds. The van der Waals surface area contributed by atoms with Crippen LogP contribution in [-0.4, -0.2) is 57.3 Å². The Labute approximate surface area is 152 Å². The molecular formula is C18H16F2N2O5. The number of benzene rings is 2. The van der Waals surface area contributed by atoms with E-state index in [1.165, 1.54) is 0 Å². The number of β-amino-alcohol motifs (C(OH)–C–C–N with tert-alkyl or cyclic N) is 1. The highest BCUT2D eigenvalue weighted by molar-refractivity contribution is 5.96. The minimum atomic E-state index is -1.13. The predicted molar refractivity (Wildman–Crippen MR) is 89.3 cm³/mol. The van der Waals surface area contributed by atoms with E-state index < -0.39 is 35.6 Å². The smallest absolute Gasteiger partial charge is 0.256 e. The quantitative estimate of drug-likeness (QED) is 0.637. The van der Waals surface area contributed by atoms with Crippen LogP contribution in [-0.2, 0) is 0 Å². The van der Waals surface area contributed by atoms with Gasteiger partial charge in [0.25, 0.3) is 11.8 Å². The molecule has 0 unspecified atom stereocenters. The van der Waals surface area contributed by atoms with Crippen LogP contribution in [0.15, 0.2) is 36.4 Å². The maximum atomic E-state index is 13.9. The lowest BCUT2D eigenvalue weighted by molar-refractivity contribution is 0.0760. The summed E-state index contributed by atoms with van der Waals surface area (Å²) in [6.45, 7) is -0.256. The molecule has 4 N–H and O–H groups in total. The first-order chi connectivity index (χ1) is 12.8. The first-order valence-electron chi connectivity index (χ1n) is 8.01. The number of aliphatic hydroxyl groups is 1. The van der Waals surface area contributed by atoms with Crippen molar-refractivity contribution in [1.29, 1.82) is 0 Å². The summed E-state index contributed by atoms with van der Waals surface area (Å²) < 4.78 is 27.6. The van der Waals surface area contributed by atoms with Crippen molar-refractivity contribution in [3.63, 3.8) is 0 Å². The lowest BCUT2D eigenvalue weighted by Gasteiger charge is -2.17. The summed E-state index contributed by atoms with van der Waals surface area (Å²) in [5, 5.41) is 30.9. The van der Waals surface area contributed by atoms with Gasteiger partial charge in [0, 0.05) is 25.2 Å². The van der Waals surface area contributed by atoms with E-state index in [0.717, 1.165) is 41.3 Å². The molecule has 7 nitrogen and oxygen atoms in total. The third-order valence-electron chi connectivity index (χ3n) is 4.27. The average Bonchev–Trinajstić information content (AvgIpc) is 2.95. The molecule has 0 spiro atoms. The number of aliphatic hydroxyl groups excluding tert-OH is 1. The molecule has 0 radical (unpaired) electrons. The maximum absolute atomic E-state index is 13.9. The summed E-state index contributed by atoms with van der Waals surface area (Å²) in [7, 11) is 0. The largest absolute Gasteiger partial charge is 0.508 e. The third kappa shape index (κ3) is 3.82. The molecule has 142 valence electrons. The molecule has 1 aliphatic heterocycles. The van der Waals surface area contributed by atoms with Crippen molar-refractivity contribution in [3.05, 3.63) is 59.2 Å². The fourth-order valence-electron chi connectivity index (χ4n) is 2.88. The van der Waals surface area contributed by atoms with E-state index in [9.17, 15) is 33.7 Å². The fourth-order valence-corrected chi connectivity index (χ4v) is 2.88. The number of nitrogens with one attached hydrogen (secondary N) is 1. The van der Waals surface area contributed by atoms with Crippen LogP contribution in [0.3, 0.4) is 0 Å². The molecule has 1 aliphatic rings. The number of rotatable bonds is 3. The van der Waals surface area contributed by atoms with E-state index in [2.05, 4.69) is 5.32 Å². The summed E-state index contributed by atoms with van der Waals surface area (Å²) >= 11 is 0. The zero-order valence-electron chi connectivity index (χ0n) is 13.9. The molecule has 0 bridgehead atoms. The molecule has 2 atom stereocenters. The van der Waals surface area contributed by atoms with Gasteiger partial charge in [0.2, 0.25) is 0 Å². The SMILES string of the molecule is O=C(N[C@@H]1CN(C(=O)c2ccc(O)cc2F)C[C@H]1O)c1ccc(O)cc1F. The standard InChI is InChI=1S/C18H16F2N2O5/c19-13-5-9(23)1-3-11(13)17(26)21-15-7-22(8-16(15)25)18(27)12-4-2-10(24)6-14(12)20/h1-6,15-16,23-25H,7-8H2,(H,21,26)/t15-,16-/m1/s1. The molecule has 1 heterocycles. The van der Waals surface area contributed by atoms with E-state index in [0.29, 0.717) is 0 Å². The second-order valence-corrected chi connectivity index (χ2v) is 6.19. The number of carbonyl (C=O) groups is 2. The molecule has 9 heteroatoms. The van der Waals surface area contributed by atoms with Gasteiger partial charge in [0.15, 0.2) is 0 Å². The molecular weight excluding hydrogens is 362 g/mol. The summed E-state index contributed by atoms with van der Waals surface area (Å²) in [5.41, 5.74) is -0.606. The van der Waals surface area contributed by atoms with E-state index in [4.69, 9.17) is 0 Å². The van der Waals surface area contributed by atoms with Gasteiger partial charge in [-0.2, -0.15) is 0 Å². The molecule has 1 fully saturated rings. The monoisotopic (exact) mass is 378 g/mol. The lowest BCUT2D eigenvalue weighted by Crippen LogP contribution is -2.43. The van der Waals surface area contributed by atoms with Gasteiger partial charge in [0.05, 0.1) is 23.3 Å². The van der Waals surface area contributed by atoms with Crippen molar-refractivity contribution in [1.82, 2.24) is 10.2 Å². The molecule has 0 saturated carbocycles. The zero-order chi connectivity index (χ0) is 19.7. The number of phenols is 2. The molecule has 27 heavy (non-hydrogen) atoms. The van der Waals surface area contributed by atoms with Crippen LogP contribution in [0.5, 0.6) is 11.5 Å². The minimum absolute atomic E-state index is 0.105. The number of amides is 2. The van der Waals surface area contributed by atoms with Crippen molar-refractivity contribution < 1.29 is 33.7 Å². The number of nitrogens with zero attached hydrogens (tertiary/aromatic N) is 1. The van der Waals surface area contributed by atoms with Crippen LogP contribution in [0.4, 0.5) is 8.78 Å². The Morgan fingerprint density at radius 3 is 2.07 bits per heavy atom. The predicted octanol–water partition coefficient (Wildman–Crippen LogP) is 0.991. The Hall–Kier alpha value is -3.20. The summed E-state index contributed by atoms with van der Waals surface area (Å²) in [6.07, 6.45) is -1.13. The van der Waals surface area contributed by atoms with Gasteiger partial charge in [-0.1, -0.05) is 0 Å². The molecule has 2 aromatic carbocycles. The zero-order valence-corrected chi connectivity index (χ0v) is 13.9. The number of carbonyl (C=O) groups excluding carboxylic acids is 2. The van der Waals surface area contributed by atoms with Gasteiger partial charge < -0.3 is 25.5 Å². The average molecular weight is 378 g/mol. The highest BCUT2D eigenvalue weighted by Crippen LogP contribution is 2.21. The number of hydrogen-bond acceptors (Lipinski definition) is 5. The molecule has 0 aliphatic carbocycles. The Kier molecular flexibility index (Phi) is 4.95. The fraction of sp³-hybridized carbons (Fsp3) is 0.222. The van der Waals surface area contributed by atoms with Gasteiger partial charge >= 0.3 is 0 Å². The number of likely N-dealkylation sites (tertiary alicyclic amines) is 1. The molecule has 2 aromatic rings. The Morgan fingerprint density at radius 1 is 0.963 bits per heavy atom. The van der Waals surface area contributed by atoms with Gasteiger partial charge in [-0.25, -0.2) is 8.78 Å². The van der Waals surface area contributed by atoms with E-state index in [-0.39, 0.29) is 35.7 Å². The molecule has 1 saturated heterocycles. The summed E-state index contributed by atoms with van der Waals surface area (Å²) in [5.74, 6) is -4.03. The second-order valence-electron chi connectivity index (χ2n) is 6.19. The number of hydrogen-bond donors (Lipinski definition) is 4. The molecule has 0 aromatic heterocycles. The van der Waals surface area contributed by atoms with E-state index in [1.54, 1.807) is 0 Å². The van der Waals surface area contributed by atoms with Crippen LogP contribution in [0, 0.1) is 11.6 Å². The highest BCUT2D eigenvalue weighted by atomic mass is 19.1.